The zero-order chi connectivity index (χ0) is 18.9. The van der Waals surface area contributed by atoms with Gasteiger partial charge in [-0.05, 0) is 65.4 Å². The minimum atomic E-state index is 0. The molecule has 0 saturated heterocycles. The normalized spacial score (nSPS) is 16.8. The van der Waals surface area contributed by atoms with E-state index in [2.05, 4.69) is 90.1 Å². The van der Waals surface area contributed by atoms with Gasteiger partial charge in [0.05, 0.1) is 0 Å². The maximum absolute atomic E-state index is 2.45. The highest BCUT2D eigenvalue weighted by Gasteiger charge is 2.38. The quantitative estimate of drug-likeness (QED) is 0.429. The van der Waals surface area contributed by atoms with Crippen LogP contribution in [-0.4, -0.2) is 0 Å². The van der Waals surface area contributed by atoms with E-state index in [0.717, 1.165) is 0 Å². The molecule has 4 rings (SSSR count). The van der Waals surface area contributed by atoms with Crippen LogP contribution < -0.4 is 0 Å². The minimum absolute atomic E-state index is 0. The predicted molar refractivity (Wildman–Crippen MR) is 123 cm³/mol. The Labute approximate surface area is 166 Å². The van der Waals surface area contributed by atoms with Crippen LogP contribution in [0.25, 0.3) is 21.9 Å². The molecule has 0 aromatic heterocycles. The average molecular weight is 361 g/mol. The summed E-state index contributed by atoms with van der Waals surface area (Å²) in [5.41, 5.74) is 8.74. The SMILES string of the molecule is C.CCC.CCCC1(C)c2cc(C)ccc2-c2cc3ccc(C)cc3cc21. The van der Waals surface area contributed by atoms with Crippen molar-refractivity contribution in [2.24, 2.45) is 0 Å². The van der Waals surface area contributed by atoms with Crippen LogP contribution in [0, 0.1) is 13.8 Å². The van der Waals surface area contributed by atoms with Gasteiger partial charge in [0.2, 0.25) is 0 Å². The van der Waals surface area contributed by atoms with E-state index in [1.165, 1.54) is 63.4 Å². The van der Waals surface area contributed by atoms with E-state index >= 15 is 0 Å². The number of fused-ring (bicyclic) bond motifs is 4. The van der Waals surface area contributed by atoms with Gasteiger partial charge in [-0.2, -0.15) is 0 Å². The van der Waals surface area contributed by atoms with Gasteiger partial charge in [0.15, 0.2) is 0 Å². The van der Waals surface area contributed by atoms with E-state index in [-0.39, 0.29) is 12.8 Å². The highest BCUT2D eigenvalue weighted by atomic mass is 14.4. The second kappa shape index (κ2) is 8.30. The molecule has 0 aliphatic heterocycles. The molecule has 144 valence electrons. The fourth-order valence-corrected chi connectivity index (χ4v) is 4.36. The summed E-state index contributed by atoms with van der Waals surface area (Å²) in [7, 11) is 0. The lowest BCUT2D eigenvalue weighted by atomic mass is 9.76. The first kappa shape index (κ1) is 21.2. The molecule has 0 nitrogen and oxygen atoms in total. The highest BCUT2D eigenvalue weighted by Crippen LogP contribution is 2.52. The molecule has 3 aromatic rings. The molecule has 0 radical (unpaired) electrons. The topological polar surface area (TPSA) is 0 Å². The molecule has 0 heteroatoms. The van der Waals surface area contributed by atoms with Crippen molar-refractivity contribution in [3.63, 3.8) is 0 Å². The summed E-state index contributed by atoms with van der Waals surface area (Å²) < 4.78 is 0. The first-order valence-corrected chi connectivity index (χ1v) is 10.1. The molecule has 0 amide bonds. The van der Waals surface area contributed by atoms with E-state index in [1.807, 2.05) is 0 Å². The third-order valence-electron chi connectivity index (χ3n) is 5.54. The summed E-state index contributed by atoms with van der Waals surface area (Å²) in [6.07, 6.45) is 3.66. The minimum Gasteiger partial charge on any atom is -0.0776 e. The van der Waals surface area contributed by atoms with Crippen molar-refractivity contribution in [2.45, 2.75) is 73.6 Å². The van der Waals surface area contributed by atoms with Crippen LogP contribution in [0.5, 0.6) is 0 Å². The second-order valence-corrected chi connectivity index (χ2v) is 8.09. The van der Waals surface area contributed by atoms with Crippen molar-refractivity contribution in [1.29, 1.82) is 0 Å². The van der Waals surface area contributed by atoms with E-state index in [9.17, 15) is 0 Å². The molecule has 0 bridgehead atoms. The molecule has 3 aromatic carbocycles. The molecule has 0 saturated carbocycles. The van der Waals surface area contributed by atoms with Gasteiger partial charge in [0.25, 0.3) is 0 Å². The maximum atomic E-state index is 2.45. The molecule has 27 heavy (non-hydrogen) atoms. The zero-order valence-electron chi connectivity index (χ0n) is 17.2. The molecule has 0 N–H and O–H groups in total. The van der Waals surface area contributed by atoms with Gasteiger partial charge >= 0.3 is 0 Å². The molecule has 1 aliphatic rings. The van der Waals surface area contributed by atoms with Crippen molar-refractivity contribution in [3.05, 3.63) is 70.8 Å². The largest absolute Gasteiger partial charge is 0.0776 e. The van der Waals surface area contributed by atoms with E-state index in [4.69, 9.17) is 0 Å². The van der Waals surface area contributed by atoms with Crippen molar-refractivity contribution < 1.29 is 0 Å². The van der Waals surface area contributed by atoms with Gasteiger partial charge in [-0.1, -0.05) is 95.5 Å². The van der Waals surface area contributed by atoms with Crippen LogP contribution in [0.2, 0.25) is 0 Å². The van der Waals surface area contributed by atoms with Crippen LogP contribution in [0.4, 0.5) is 0 Å². The molecule has 1 unspecified atom stereocenters. The first-order valence-electron chi connectivity index (χ1n) is 10.1. The maximum Gasteiger partial charge on any atom is 0.0187 e. The number of hydrogen-bond donors (Lipinski definition) is 0. The Kier molecular flexibility index (Phi) is 6.52. The van der Waals surface area contributed by atoms with Crippen LogP contribution in [0.3, 0.4) is 0 Å². The molecule has 0 heterocycles. The van der Waals surface area contributed by atoms with Gasteiger partial charge in [0.1, 0.15) is 0 Å². The molecular weight excluding hydrogens is 324 g/mol. The highest BCUT2D eigenvalue weighted by molar-refractivity contribution is 5.93. The molecule has 1 aliphatic carbocycles. The van der Waals surface area contributed by atoms with Gasteiger partial charge in [0, 0.05) is 5.41 Å². The van der Waals surface area contributed by atoms with E-state index in [1.54, 1.807) is 0 Å². The number of benzene rings is 3. The summed E-state index contributed by atoms with van der Waals surface area (Å²) in [4.78, 5) is 0. The smallest absolute Gasteiger partial charge is 0.0187 e. The van der Waals surface area contributed by atoms with Crippen molar-refractivity contribution >= 4 is 10.8 Å². The Morgan fingerprint density at radius 3 is 1.96 bits per heavy atom. The van der Waals surface area contributed by atoms with Crippen molar-refractivity contribution in [1.82, 2.24) is 0 Å². The van der Waals surface area contributed by atoms with Gasteiger partial charge < -0.3 is 0 Å². The third-order valence-corrected chi connectivity index (χ3v) is 5.54. The van der Waals surface area contributed by atoms with E-state index < -0.39 is 0 Å². The summed E-state index contributed by atoms with van der Waals surface area (Å²) in [6, 6.07) is 18.6. The lowest BCUT2D eigenvalue weighted by molar-refractivity contribution is 0.524. The van der Waals surface area contributed by atoms with Crippen molar-refractivity contribution in [2.75, 3.05) is 0 Å². The van der Waals surface area contributed by atoms with E-state index in [0.29, 0.717) is 0 Å². The van der Waals surface area contributed by atoms with Gasteiger partial charge in [-0.3, -0.25) is 0 Å². The summed E-state index contributed by atoms with van der Waals surface area (Å²) in [6.45, 7) is 13.4. The fourth-order valence-electron chi connectivity index (χ4n) is 4.36. The number of aryl methyl sites for hydroxylation is 2. The van der Waals surface area contributed by atoms with Crippen LogP contribution >= 0.6 is 0 Å². The van der Waals surface area contributed by atoms with Crippen molar-refractivity contribution in [3.8, 4) is 11.1 Å². The molecule has 0 fully saturated rings. The van der Waals surface area contributed by atoms with Crippen LogP contribution in [0.1, 0.15) is 76.6 Å². The predicted octanol–water partition coefficient (Wildman–Crippen LogP) is 8.60. The van der Waals surface area contributed by atoms with Crippen LogP contribution in [0.15, 0.2) is 48.5 Å². The lowest BCUT2D eigenvalue weighted by Gasteiger charge is -2.27. The first-order chi connectivity index (χ1) is 12.4. The second-order valence-electron chi connectivity index (χ2n) is 8.09. The molecule has 0 spiro atoms. The zero-order valence-corrected chi connectivity index (χ0v) is 17.2. The fraction of sp³-hybridized carbons (Fsp3) is 0.407. The Morgan fingerprint density at radius 2 is 1.30 bits per heavy atom. The van der Waals surface area contributed by atoms with Gasteiger partial charge in [-0.15, -0.1) is 0 Å². The Bertz CT molecular complexity index is 932. The lowest BCUT2D eigenvalue weighted by Crippen LogP contribution is -2.20. The monoisotopic (exact) mass is 360 g/mol. The third kappa shape index (κ3) is 3.68. The number of hydrogen-bond acceptors (Lipinski definition) is 0. The molecule has 1 atom stereocenters. The standard InChI is InChI=1S/C23H24.C3H8.CH4/c1-5-10-23(4)21-12-16(3)7-9-19(21)20-13-17-8-6-15(2)11-18(17)14-22(20)23;1-3-2;/h6-9,11-14H,5,10H2,1-4H3;3H2,1-2H3;1H4. The average Bonchev–Trinajstić information content (AvgIpc) is 2.83. The van der Waals surface area contributed by atoms with Gasteiger partial charge in [-0.25, -0.2) is 0 Å². The molecular formula is C27H36. The Hall–Kier alpha value is -2.08. The summed E-state index contributed by atoms with van der Waals surface area (Å²) >= 11 is 0. The summed E-state index contributed by atoms with van der Waals surface area (Å²) in [5, 5.41) is 2.72. The summed E-state index contributed by atoms with van der Waals surface area (Å²) in [5.74, 6) is 0. The Morgan fingerprint density at radius 1 is 0.704 bits per heavy atom. The number of rotatable bonds is 2. The Balaban J connectivity index is 0.000000614. The van der Waals surface area contributed by atoms with Crippen LogP contribution in [-0.2, 0) is 5.41 Å².